The minimum absolute atomic E-state index is 0.176. The highest BCUT2D eigenvalue weighted by Gasteiger charge is 2.09. The maximum atomic E-state index is 5.86. The third kappa shape index (κ3) is 3.78. The summed E-state index contributed by atoms with van der Waals surface area (Å²) in [6.45, 7) is 0.683. The normalized spacial score (nSPS) is 10.3. The Morgan fingerprint density at radius 2 is 2.11 bits per heavy atom. The van der Waals surface area contributed by atoms with Gasteiger partial charge in [-0.25, -0.2) is 0 Å². The molecule has 1 N–H and O–H groups in total. The summed E-state index contributed by atoms with van der Waals surface area (Å²) >= 11 is 9.32. The van der Waals surface area contributed by atoms with Gasteiger partial charge >= 0.3 is 0 Å². The molecule has 2 rings (SSSR count). The Morgan fingerprint density at radius 3 is 2.79 bits per heavy atom. The van der Waals surface area contributed by atoms with Crippen LogP contribution < -0.4 is 10.2 Å². The van der Waals surface area contributed by atoms with E-state index in [4.69, 9.17) is 11.6 Å². The number of halogens is 2. The van der Waals surface area contributed by atoms with E-state index in [1.165, 1.54) is 0 Å². The van der Waals surface area contributed by atoms with Crippen molar-refractivity contribution in [3.05, 3.63) is 39.6 Å². The summed E-state index contributed by atoms with van der Waals surface area (Å²) in [6, 6.07) is 8.08. The number of anilines is 2. The van der Waals surface area contributed by atoms with E-state index in [1.807, 2.05) is 30.1 Å². The van der Waals surface area contributed by atoms with E-state index in [-0.39, 0.29) is 5.28 Å². The Labute approximate surface area is 125 Å². The average molecular weight is 343 g/mol. The second kappa shape index (κ2) is 6.16. The van der Waals surface area contributed by atoms with Crippen LogP contribution in [-0.4, -0.2) is 29.0 Å². The number of rotatable bonds is 4. The number of benzene rings is 1. The van der Waals surface area contributed by atoms with Crippen LogP contribution in [0.15, 0.2) is 28.7 Å². The van der Waals surface area contributed by atoms with E-state index < -0.39 is 0 Å². The summed E-state index contributed by atoms with van der Waals surface area (Å²) in [5.74, 6) is 0.986. The molecule has 1 heterocycles. The van der Waals surface area contributed by atoms with Gasteiger partial charge in [0.25, 0.3) is 0 Å². The molecule has 0 fully saturated rings. The van der Waals surface area contributed by atoms with Crippen LogP contribution in [0.25, 0.3) is 0 Å². The lowest BCUT2D eigenvalue weighted by atomic mass is 10.2. The molecule has 0 unspecified atom stereocenters. The minimum atomic E-state index is 0.176. The van der Waals surface area contributed by atoms with Gasteiger partial charge in [-0.05, 0) is 29.3 Å². The van der Waals surface area contributed by atoms with Gasteiger partial charge in [-0.2, -0.15) is 15.0 Å². The van der Waals surface area contributed by atoms with E-state index in [0.29, 0.717) is 18.4 Å². The average Bonchev–Trinajstić information content (AvgIpc) is 2.38. The van der Waals surface area contributed by atoms with Crippen molar-refractivity contribution in [1.82, 2.24) is 15.0 Å². The largest absolute Gasteiger partial charge is 0.357 e. The summed E-state index contributed by atoms with van der Waals surface area (Å²) in [5.41, 5.74) is 1.15. The van der Waals surface area contributed by atoms with Gasteiger partial charge in [0.2, 0.25) is 17.2 Å². The first-order valence-electron chi connectivity index (χ1n) is 5.63. The second-order valence-corrected chi connectivity index (χ2v) is 5.22. The van der Waals surface area contributed by atoms with Crippen molar-refractivity contribution in [1.29, 1.82) is 0 Å². The van der Waals surface area contributed by atoms with Gasteiger partial charge < -0.3 is 10.2 Å². The molecule has 0 aliphatic heterocycles. The molecule has 19 heavy (non-hydrogen) atoms. The van der Waals surface area contributed by atoms with Gasteiger partial charge in [0.1, 0.15) is 0 Å². The first-order chi connectivity index (χ1) is 9.08. The Kier molecular flexibility index (Phi) is 4.55. The molecular formula is C12H13BrClN5. The molecule has 0 aliphatic rings. The maximum Gasteiger partial charge on any atom is 0.231 e. The van der Waals surface area contributed by atoms with Crippen molar-refractivity contribution < 1.29 is 0 Å². The highest BCUT2D eigenvalue weighted by Crippen LogP contribution is 2.17. The molecule has 1 aromatic carbocycles. The zero-order valence-corrected chi connectivity index (χ0v) is 12.9. The zero-order valence-electron chi connectivity index (χ0n) is 10.6. The number of nitrogens with zero attached hydrogens (tertiary/aromatic N) is 4. The Balaban J connectivity index is 2.20. The van der Waals surface area contributed by atoms with Crippen molar-refractivity contribution in [3.8, 4) is 0 Å². The third-order valence-corrected chi connectivity index (χ3v) is 3.13. The zero-order chi connectivity index (χ0) is 13.8. The van der Waals surface area contributed by atoms with Crippen molar-refractivity contribution in [3.63, 3.8) is 0 Å². The fourth-order valence-electron chi connectivity index (χ4n) is 1.60. The predicted octanol–water partition coefficient (Wildman–Crippen LogP) is 2.97. The van der Waals surface area contributed by atoms with Crippen LogP contribution >= 0.6 is 27.5 Å². The van der Waals surface area contributed by atoms with E-state index in [0.717, 1.165) is 10.0 Å². The molecule has 0 spiro atoms. The van der Waals surface area contributed by atoms with E-state index in [9.17, 15) is 0 Å². The molecule has 0 amide bonds. The number of aromatic nitrogens is 3. The molecule has 0 saturated heterocycles. The molecular weight excluding hydrogens is 330 g/mol. The van der Waals surface area contributed by atoms with Gasteiger partial charge in [-0.15, -0.1) is 0 Å². The second-order valence-electron chi connectivity index (χ2n) is 3.96. The number of nitrogens with one attached hydrogen (secondary N) is 1. The van der Waals surface area contributed by atoms with Crippen LogP contribution in [0.4, 0.5) is 11.9 Å². The Bertz CT molecular complexity index is 578. The van der Waals surface area contributed by atoms with Crippen molar-refractivity contribution in [2.24, 2.45) is 0 Å². The lowest BCUT2D eigenvalue weighted by Crippen LogP contribution is -2.20. The standard InChI is InChI=1S/C12H13BrClN5/c1-15-11-16-10(14)17-12(18-11)19(2)7-8-4-3-5-9(13)6-8/h3-6H,7H2,1-2H3,(H,15,16,17,18). The van der Waals surface area contributed by atoms with Crippen LogP contribution in [0.5, 0.6) is 0 Å². The molecule has 0 radical (unpaired) electrons. The van der Waals surface area contributed by atoms with Crippen molar-refractivity contribution >= 4 is 39.4 Å². The van der Waals surface area contributed by atoms with Gasteiger partial charge in [0.15, 0.2) is 0 Å². The molecule has 5 nitrogen and oxygen atoms in total. The fraction of sp³-hybridized carbons (Fsp3) is 0.250. The highest BCUT2D eigenvalue weighted by molar-refractivity contribution is 9.10. The van der Waals surface area contributed by atoms with Crippen LogP contribution in [0.3, 0.4) is 0 Å². The summed E-state index contributed by atoms with van der Waals surface area (Å²) < 4.78 is 1.04. The predicted molar refractivity (Wildman–Crippen MR) is 80.6 cm³/mol. The van der Waals surface area contributed by atoms with E-state index in [2.05, 4.69) is 42.3 Å². The van der Waals surface area contributed by atoms with E-state index >= 15 is 0 Å². The lowest BCUT2D eigenvalue weighted by molar-refractivity contribution is 0.854. The van der Waals surface area contributed by atoms with Crippen molar-refractivity contribution in [2.75, 3.05) is 24.3 Å². The molecule has 2 aromatic rings. The van der Waals surface area contributed by atoms with Crippen LogP contribution in [0, 0.1) is 0 Å². The number of hydrogen-bond acceptors (Lipinski definition) is 5. The summed E-state index contributed by atoms with van der Waals surface area (Å²) in [4.78, 5) is 14.3. The molecule has 100 valence electrons. The van der Waals surface area contributed by atoms with Gasteiger partial charge in [0, 0.05) is 25.1 Å². The smallest absolute Gasteiger partial charge is 0.231 e. The summed E-state index contributed by atoms with van der Waals surface area (Å²) in [5, 5.41) is 3.03. The molecule has 1 aromatic heterocycles. The Hall–Kier alpha value is -1.40. The fourth-order valence-corrected chi connectivity index (χ4v) is 2.20. The summed E-state index contributed by atoms with van der Waals surface area (Å²) in [6.07, 6.45) is 0. The van der Waals surface area contributed by atoms with E-state index in [1.54, 1.807) is 7.05 Å². The molecule has 0 aliphatic carbocycles. The van der Waals surface area contributed by atoms with Crippen LogP contribution in [-0.2, 0) is 6.54 Å². The van der Waals surface area contributed by atoms with Gasteiger partial charge in [0.05, 0.1) is 0 Å². The highest BCUT2D eigenvalue weighted by atomic mass is 79.9. The van der Waals surface area contributed by atoms with Crippen LogP contribution in [0.2, 0.25) is 5.28 Å². The SMILES string of the molecule is CNc1nc(Cl)nc(N(C)Cc2cccc(Br)c2)n1. The van der Waals surface area contributed by atoms with Gasteiger partial charge in [-0.3, -0.25) is 0 Å². The molecule has 0 saturated carbocycles. The topological polar surface area (TPSA) is 53.9 Å². The first kappa shape index (κ1) is 14.0. The summed E-state index contributed by atoms with van der Waals surface area (Å²) in [7, 11) is 3.65. The quantitative estimate of drug-likeness (QED) is 0.926. The molecule has 7 heteroatoms. The minimum Gasteiger partial charge on any atom is -0.357 e. The third-order valence-electron chi connectivity index (χ3n) is 2.47. The molecule has 0 atom stereocenters. The number of hydrogen-bond donors (Lipinski definition) is 1. The maximum absolute atomic E-state index is 5.86. The van der Waals surface area contributed by atoms with Crippen LogP contribution in [0.1, 0.15) is 5.56 Å². The molecule has 0 bridgehead atoms. The lowest BCUT2D eigenvalue weighted by Gasteiger charge is -2.17. The van der Waals surface area contributed by atoms with Gasteiger partial charge in [-0.1, -0.05) is 28.1 Å². The van der Waals surface area contributed by atoms with Crippen molar-refractivity contribution in [2.45, 2.75) is 6.54 Å². The monoisotopic (exact) mass is 341 g/mol. The first-order valence-corrected chi connectivity index (χ1v) is 6.80. The Morgan fingerprint density at radius 1 is 1.32 bits per heavy atom.